The van der Waals surface area contributed by atoms with E-state index in [4.69, 9.17) is 9.47 Å². The SMILES string of the molecule is CCOCC(=O)OCC(=O)N1CCN(S(=O)(=O)c2ccc3ccccc3c2)CC1. The lowest BCUT2D eigenvalue weighted by Crippen LogP contribution is -2.51. The fraction of sp³-hybridized carbons (Fsp3) is 0.400. The Balaban J connectivity index is 1.57. The molecule has 0 aromatic heterocycles. The van der Waals surface area contributed by atoms with Gasteiger partial charge in [0.1, 0.15) is 6.61 Å². The molecule has 0 spiro atoms. The van der Waals surface area contributed by atoms with Crippen LogP contribution in [0.1, 0.15) is 6.92 Å². The van der Waals surface area contributed by atoms with E-state index in [1.807, 2.05) is 24.3 Å². The lowest BCUT2D eigenvalue weighted by molar-refractivity contribution is -0.156. The molecule has 1 amide bonds. The molecule has 1 aliphatic heterocycles. The molecule has 0 saturated carbocycles. The molecule has 1 saturated heterocycles. The van der Waals surface area contributed by atoms with Crippen molar-refractivity contribution < 1.29 is 27.5 Å². The van der Waals surface area contributed by atoms with Crippen LogP contribution in [-0.2, 0) is 29.1 Å². The van der Waals surface area contributed by atoms with Crippen LogP contribution in [0.15, 0.2) is 47.4 Å². The molecule has 156 valence electrons. The topological polar surface area (TPSA) is 93.2 Å². The molecule has 2 aromatic carbocycles. The van der Waals surface area contributed by atoms with Gasteiger partial charge in [-0.25, -0.2) is 13.2 Å². The van der Waals surface area contributed by atoms with Crippen LogP contribution in [0.4, 0.5) is 0 Å². The van der Waals surface area contributed by atoms with E-state index in [0.29, 0.717) is 6.61 Å². The Morgan fingerprint density at radius 1 is 0.966 bits per heavy atom. The number of sulfonamides is 1. The molecule has 0 bridgehead atoms. The molecule has 0 N–H and O–H groups in total. The first kappa shape index (κ1) is 21.2. The normalized spacial score (nSPS) is 15.4. The molecule has 8 nitrogen and oxygen atoms in total. The summed E-state index contributed by atoms with van der Waals surface area (Å²) in [7, 11) is -3.65. The van der Waals surface area contributed by atoms with Crippen LogP contribution in [0.25, 0.3) is 10.8 Å². The third-order valence-electron chi connectivity index (χ3n) is 4.73. The van der Waals surface area contributed by atoms with E-state index in [9.17, 15) is 18.0 Å². The molecule has 0 atom stereocenters. The van der Waals surface area contributed by atoms with Gasteiger partial charge in [-0.1, -0.05) is 30.3 Å². The Kier molecular flexibility index (Phi) is 6.83. The summed E-state index contributed by atoms with van der Waals surface area (Å²) in [6, 6.07) is 12.6. The average molecular weight is 420 g/mol. The van der Waals surface area contributed by atoms with Crippen molar-refractivity contribution in [3.8, 4) is 0 Å². The molecule has 0 unspecified atom stereocenters. The first-order valence-electron chi connectivity index (χ1n) is 9.42. The molecule has 0 radical (unpaired) electrons. The Hall–Kier alpha value is -2.49. The Bertz CT molecular complexity index is 983. The van der Waals surface area contributed by atoms with E-state index in [-0.39, 0.29) is 50.2 Å². The Morgan fingerprint density at radius 2 is 1.66 bits per heavy atom. The maximum absolute atomic E-state index is 13.0. The number of hydrogen-bond acceptors (Lipinski definition) is 6. The summed E-state index contributed by atoms with van der Waals surface area (Å²) < 4.78 is 37.1. The second-order valence-corrected chi connectivity index (χ2v) is 8.53. The van der Waals surface area contributed by atoms with Crippen LogP contribution in [0.5, 0.6) is 0 Å². The number of nitrogens with zero attached hydrogens (tertiary/aromatic N) is 2. The van der Waals surface area contributed by atoms with Crippen molar-refractivity contribution in [1.82, 2.24) is 9.21 Å². The van der Waals surface area contributed by atoms with Crippen molar-refractivity contribution in [2.24, 2.45) is 0 Å². The molecular weight excluding hydrogens is 396 g/mol. The van der Waals surface area contributed by atoms with E-state index >= 15 is 0 Å². The third kappa shape index (κ3) is 5.11. The summed E-state index contributed by atoms with van der Waals surface area (Å²) in [5.41, 5.74) is 0. The van der Waals surface area contributed by atoms with Crippen molar-refractivity contribution in [2.45, 2.75) is 11.8 Å². The summed E-state index contributed by atoms with van der Waals surface area (Å²) in [6.07, 6.45) is 0. The number of amides is 1. The molecule has 1 aliphatic rings. The highest BCUT2D eigenvalue weighted by Gasteiger charge is 2.30. The van der Waals surface area contributed by atoms with E-state index in [1.54, 1.807) is 25.1 Å². The average Bonchev–Trinajstić information content (AvgIpc) is 2.75. The lowest BCUT2D eigenvalue weighted by Gasteiger charge is -2.33. The second-order valence-electron chi connectivity index (χ2n) is 6.59. The van der Waals surface area contributed by atoms with Gasteiger partial charge in [0, 0.05) is 32.8 Å². The maximum atomic E-state index is 13.0. The first-order chi connectivity index (χ1) is 13.9. The van der Waals surface area contributed by atoms with Gasteiger partial charge >= 0.3 is 5.97 Å². The van der Waals surface area contributed by atoms with Gasteiger partial charge in [0.15, 0.2) is 6.61 Å². The number of ether oxygens (including phenoxy) is 2. The smallest absolute Gasteiger partial charge is 0.332 e. The number of carbonyl (C=O) groups excluding carboxylic acids is 2. The van der Waals surface area contributed by atoms with Crippen molar-refractivity contribution >= 4 is 32.7 Å². The van der Waals surface area contributed by atoms with E-state index < -0.39 is 16.0 Å². The minimum atomic E-state index is -3.65. The molecular formula is C20H24N2O6S. The van der Waals surface area contributed by atoms with Crippen LogP contribution in [0.2, 0.25) is 0 Å². The zero-order chi connectivity index (χ0) is 20.9. The molecule has 29 heavy (non-hydrogen) atoms. The summed E-state index contributed by atoms with van der Waals surface area (Å²) in [5, 5.41) is 1.83. The van der Waals surface area contributed by atoms with Crippen LogP contribution >= 0.6 is 0 Å². The summed E-state index contributed by atoms with van der Waals surface area (Å²) >= 11 is 0. The fourth-order valence-corrected chi connectivity index (χ4v) is 4.57. The number of esters is 1. The molecule has 3 rings (SSSR count). The Labute approximate surface area is 170 Å². The van der Waals surface area contributed by atoms with E-state index in [2.05, 4.69) is 0 Å². The standard InChI is InChI=1S/C20H24N2O6S/c1-2-27-15-20(24)28-14-19(23)21-9-11-22(12-10-21)29(25,26)18-8-7-16-5-3-4-6-17(16)13-18/h3-8,13H,2,9-12,14-15H2,1H3. The maximum Gasteiger partial charge on any atom is 0.332 e. The van der Waals surface area contributed by atoms with Crippen molar-refractivity contribution in [3.05, 3.63) is 42.5 Å². The Morgan fingerprint density at radius 3 is 2.34 bits per heavy atom. The van der Waals surface area contributed by atoms with Gasteiger partial charge in [-0.3, -0.25) is 4.79 Å². The summed E-state index contributed by atoms with van der Waals surface area (Å²) in [6.45, 7) is 2.44. The van der Waals surface area contributed by atoms with Crippen molar-refractivity contribution in [3.63, 3.8) is 0 Å². The number of hydrogen-bond donors (Lipinski definition) is 0. The first-order valence-corrected chi connectivity index (χ1v) is 10.9. The van der Waals surface area contributed by atoms with E-state index in [0.717, 1.165) is 10.8 Å². The van der Waals surface area contributed by atoms with Gasteiger partial charge in [-0.15, -0.1) is 0 Å². The van der Waals surface area contributed by atoms with Gasteiger partial charge in [0.05, 0.1) is 4.90 Å². The number of benzene rings is 2. The third-order valence-corrected chi connectivity index (χ3v) is 6.63. The summed E-state index contributed by atoms with van der Waals surface area (Å²) in [5.74, 6) is -0.949. The molecule has 2 aromatic rings. The van der Waals surface area contributed by atoms with Gasteiger partial charge in [-0.2, -0.15) is 4.31 Å². The summed E-state index contributed by atoms with van der Waals surface area (Å²) in [4.78, 5) is 25.3. The lowest BCUT2D eigenvalue weighted by atomic mass is 10.1. The zero-order valence-electron chi connectivity index (χ0n) is 16.2. The largest absolute Gasteiger partial charge is 0.454 e. The van der Waals surface area contributed by atoms with Gasteiger partial charge < -0.3 is 14.4 Å². The highest BCUT2D eigenvalue weighted by atomic mass is 32.2. The van der Waals surface area contributed by atoms with Crippen LogP contribution in [-0.4, -0.2) is 75.5 Å². The molecule has 1 heterocycles. The van der Waals surface area contributed by atoms with E-state index in [1.165, 1.54) is 9.21 Å². The van der Waals surface area contributed by atoms with Gasteiger partial charge in [0.25, 0.3) is 5.91 Å². The molecule has 0 aliphatic carbocycles. The highest BCUT2D eigenvalue weighted by Crippen LogP contribution is 2.22. The zero-order valence-corrected chi connectivity index (χ0v) is 17.1. The number of piperazine rings is 1. The number of fused-ring (bicyclic) bond motifs is 1. The number of rotatable bonds is 7. The quantitative estimate of drug-likeness (QED) is 0.626. The van der Waals surface area contributed by atoms with Crippen molar-refractivity contribution in [1.29, 1.82) is 0 Å². The van der Waals surface area contributed by atoms with Gasteiger partial charge in [0.2, 0.25) is 10.0 Å². The van der Waals surface area contributed by atoms with Crippen LogP contribution in [0.3, 0.4) is 0 Å². The minimum absolute atomic E-state index is 0.188. The fourth-order valence-electron chi connectivity index (χ4n) is 3.12. The second kappa shape index (κ2) is 9.34. The number of carbonyl (C=O) groups is 2. The van der Waals surface area contributed by atoms with Crippen LogP contribution < -0.4 is 0 Å². The molecule has 9 heteroatoms. The highest BCUT2D eigenvalue weighted by molar-refractivity contribution is 7.89. The van der Waals surface area contributed by atoms with Gasteiger partial charge in [-0.05, 0) is 29.8 Å². The monoisotopic (exact) mass is 420 g/mol. The minimum Gasteiger partial charge on any atom is -0.454 e. The predicted molar refractivity (Wildman–Crippen MR) is 107 cm³/mol. The predicted octanol–water partition coefficient (Wildman–Crippen LogP) is 1.25. The molecule has 1 fully saturated rings. The van der Waals surface area contributed by atoms with Crippen LogP contribution in [0, 0.1) is 0 Å². The van der Waals surface area contributed by atoms with Crippen molar-refractivity contribution in [2.75, 3.05) is 46.0 Å².